The van der Waals surface area contributed by atoms with Gasteiger partial charge in [-0.3, -0.25) is 9.78 Å². The number of benzene rings is 1. The lowest BCUT2D eigenvalue weighted by molar-refractivity contribution is -0.137. The fourth-order valence-electron chi connectivity index (χ4n) is 3.42. The van der Waals surface area contributed by atoms with Crippen LogP contribution in [0.5, 0.6) is 0 Å². The Morgan fingerprint density at radius 1 is 1.33 bits per heavy atom. The third kappa shape index (κ3) is 3.29. The highest BCUT2D eigenvalue weighted by atomic mass is 16.5. The number of hydrogen-bond donors (Lipinski definition) is 1. The van der Waals surface area contributed by atoms with Gasteiger partial charge in [0, 0.05) is 36.7 Å². The van der Waals surface area contributed by atoms with Crippen LogP contribution in [0, 0.1) is 18.8 Å². The zero-order chi connectivity index (χ0) is 21.5. The van der Waals surface area contributed by atoms with Crippen molar-refractivity contribution in [3.63, 3.8) is 0 Å². The topological polar surface area (TPSA) is 97.5 Å². The summed E-state index contributed by atoms with van der Waals surface area (Å²) in [5.74, 6) is 4.67. The molecule has 30 heavy (non-hydrogen) atoms. The molecule has 0 radical (unpaired) electrons. The minimum atomic E-state index is -1.66. The van der Waals surface area contributed by atoms with Crippen LogP contribution in [0.15, 0.2) is 36.5 Å². The third-order valence-corrected chi connectivity index (χ3v) is 5.10. The van der Waals surface area contributed by atoms with Crippen LogP contribution in [0.25, 0.3) is 16.6 Å². The summed E-state index contributed by atoms with van der Waals surface area (Å²) >= 11 is 0. The van der Waals surface area contributed by atoms with E-state index in [1.165, 1.54) is 12.0 Å². The second-order valence-corrected chi connectivity index (χ2v) is 7.23. The lowest BCUT2D eigenvalue weighted by Gasteiger charge is -2.13. The Morgan fingerprint density at radius 3 is 2.83 bits per heavy atom. The molecular formula is C22H20N4O4. The van der Waals surface area contributed by atoms with E-state index in [0.717, 1.165) is 5.69 Å². The third-order valence-electron chi connectivity index (χ3n) is 5.10. The number of ether oxygens (including phenoxy) is 1. The molecule has 1 fully saturated rings. The van der Waals surface area contributed by atoms with Gasteiger partial charge in [-0.25, -0.2) is 9.48 Å². The number of carbonyl (C=O) groups is 2. The van der Waals surface area contributed by atoms with E-state index in [4.69, 9.17) is 4.74 Å². The Kier molecular flexibility index (Phi) is 4.76. The molecule has 8 nitrogen and oxygen atoms in total. The molecule has 1 atom stereocenters. The van der Waals surface area contributed by atoms with Crippen molar-refractivity contribution < 1.29 is 19.4 Å². The van der Waals surface area contributed by atoms with Crippen LogP contribution in [0.3, 0.4) is 0 Å². The molecule has 0 aliphatic carbocycles. The molecular weight excluding hydrogens is 384 g/mol. The summed E-state index contributed by atoms with van der Waals surface area (Å²) in [6.07, 6.45) is 1.92. The molecule has 8 heteroatoms. The minimum absolute atomic E-state index is 0.198. The number of hydrogen-bond acceptors (Lipinski definition) is 6. The highest BCUT2D eigenvalue weighted by Gasteiger charge is 2.42. The first kappa shape index (κ1) is 19.6. The van der Waals surface area contributed by atoms with E-state index in [2.05, 4.69) is 21.9 Å². The number of methoxy groups -OCH3 is 1. The number of likely N-dealkylation sites (tertiary alicyclic amines) is 1. The maximum Gasteiger partial charge on any atom is 0.359 e. The summed E-state index contributed by atoms with van der Waals surface area (Å²) in [5, 5.41) is 15.6. The van der Waals surface area contributed by atoms with Crippen molar-refractivity contribution in [1.29, 1.82) is 0 Å². The number of rotatable bonds is 2. The van der Waals surface area contributed by atoms with Crippen LogP contribution in [-0.2, 0) is 9.53 Å². The van der Waals surface area contributed by atoms with Crippen LogP contribution >= 0.6 is 0 Å². The Labute approximate surface area is 173 Å². The molecule has 4 rings (SSSR count). The number of aliphatic hydroxyl groups is 1. The van der Waals surface area contributed by atoms with Crippen LogP contribution < -0.4 is 0 Å². The number of amides is 1. The van der Waals surface area contributed by atoms with E-state index in [1.54, 1.807) is 42.2 Å². The van der Waals surface area contributed by atoms with Gasteiger partial charge in [-0.05, 0) is 31.2 Å². The molecule has 3 heterocycles. The summed E-state index contributed by atoms with van der Waals surface area (Å²) < 4.78 is 6.46. The number of esters is 1. The Morgan fingerprint density at radius 2 is 2.13 bits per heavy atom. The quantitative estimate of drug-likeness (QED) is 0.513. The molecule has 0 saturated carbocycles. The van der Waals surface area contributed by atoms with Crippen LogP contribution in [0.2, 0.25) is 0 Å². The van der Waals surface area contributed by atoms with E-state index < -0.39 is 17.5 Å². The summed E-state index contributed by atoms with van der Waals surface area (Å²) in [6, 6.07) is 8.94. The van der Waals surface area contributed by atoms with Gasteiger partial charge in [0.05, 0.1) is 24.5 Å². The normalized spacial score (nSPS) is 18.4. The number of nitrogens with zero attached hydrogens (tertiary/aromatic N) is 4. The molecule has 1 aliphatic heterocycles. The van der Waals surface area contributed by atoms with Gasteiger partial charge in [-0.15, -0.1) is 0 Å². The van der Waals surface area contributed by atoms with Crippen molar-refractivity contribution in [2.75, 3.05) is 20.7 Å². The SMILES string of the molecule is COC(=O)c1nn(-c2cccc(C#C[C@]3(O)CCN(C)C3=O)c2)c2cnc(C)cc12. The number of carbonyl (C=O) groups excluding carboxylic acids is 2. The van der Waals surface area contributed by atoms with Gasteiger partial charge in [-0.1, -0.05) is 17.9 Å². The van der Waals surface area contributed by atoms with Gasteiger partial charge in [0.1, 0.15) is 0 Å². The largest absolute Gasteiger partial charge is 0.464 e. The molecule has 0 bridgehead atoms. The maximum absolute atomic E-state index is 12.2. The lowest BCUT2D eigenvalue weighted by atomic mass is 10.0. The number of fused-ring (bicyclic) bond motifs is 1. The van der Waals surface area contributed by atoms with Crippen molar-refractivity contribution in [1.82, 2.24) is 19.7 Å². The summed E-state index contributed by atoms with van der Waals surface area (Å²) in [6.45, 7) is 2.30. The van der Waals surface area contributed by atoms with Crippen molar-refractivity contribution in [2.45, 2.75) is 18.9 Å². The molecule has 1 N–H and O–H groups in total. The van der Waals surface area contributed by atoms with Gasteiger partial charge in [-0.2, -0.15) is 5.10 Å². The first-order valence-electron chi connectivity index (χ1n) is 9.37. The average Bonchev–Trinajstić information content (AvgIpc) is 3.25. The van der Waals surface area contributed by atoms with Crippen LogP contribution in [0.4, 0.5) is 0 Å². The second-order valence-electron chi connectivity index (χ2n) is 7.23. The monoisotopic (exact) mass is 404 g/mol. The smallest absolute Gasteiger partial charge is 0.359 e. The molecule has 1 aromatic carbocycles. The predicted octanol–water partition coefficient (Wildman–Crippen LogP) is 1.46. The minimum Gasteiger partial charge on any atom is -0.464 e. The molecule has 1 saturated heterocycles. The van der Waals surface area contributed by atoms with Gasteiger partial charge in [0.25, 0.3) is 5.91 Å². The predicted molar refractivity (Wildman–Crippen MR) is 109 cm³/mol. The van der Waals surface area contributed by atoms with Gasteiger partial charge in [0.2, 0.25) is 5.60 Å². The fourth-order valence-corrected chi connectivity index (χ4v) is 3.42. The van der Waals surface area contributed by atoms with Crippen molar-refractivity contribution in [2.24, 2.45) is 0 Å². The summed E-state index contributed by atoms with van der Waals surface area (Å²) in [5.41, 5.74) is 1.20. The van der Waals surface area contributed by atoms with Gasteiger partial charge >= 0.3 is 5.97 Å². The standard InChI is InChI=1S/C22H20N4O4/c1-14-11-17-18(13-23-14)26(24-19(17)20(27)30-3)16-6-4-5-15(12-16)7-8-22(29)9-10-25(2)21(22)28/h4-6,11-13,29H,9-10H2,1-3H3/t22-/m0/s1. The Bertz CT molecular complexity index is 1240. The van der Waals surface area contributed by atoms with Crippen molar-refractivity contribution in [3.05, 3.63) is 53.5 Å². The van der Waals surface area contributed by atoms with E-state index in [0.29, 0.717) is 28.7 Å². The van der Waals surface area contributed by atoms with Crippen molar-refractivity contribution in [3.8, 4) is 17.5 Å². The van der Waals surface area contributed by atoms with Gasteiger partial charge in [0.15, 0.2) is 5.69 Å². The summed E-state index contributed by atoms with van der Waals surface area (Å²) in [7, 11) is 2.95. The Hall–Kier alpha value is -3.70. The highest BCUT2D eigenvalue weighted by molar-refractivity contribution is 6.02. The number of aryl methyl sites for hydroxylation is 1. The number of likely N-dealkylation sites (N-methyl/N-ethyl adjacent to an activating group) is 1. The molecule has 2 aromatic heterocycles. The maximum atomic E-state index is 12.2. The van der Waals surface area contributed by atoms with Crippen molar-refractivity contribution >= 4 is 22.8 Å². The molecule has 3 aromatic rings. The van der Waals surface area contributed by atoms with E-state index in [-0.39, 0.29) is 12.1 Å². The van der Waals surface area contributed by atoms with Gasteiger partial charge < -0.3 is 14.7 Å². The Balaban J connectivity index is 1.77. The fraction of sp³-hybridized carbons (Fsp3) is 0.273. The zero-order valence-electron chi connectivity index (χ0n) is 16.8. The highest BCUT2D eigenvalue weighted by Crippen LogP contribution is 2.24. The molecule has 152 valence electrons. The van der Waals surface area contributed by atoms with E-state index in [1.807, 2.05) is 13.0 Å². The number of pyridine rings is 1. The molecule has 1 amide bonds. The first-order chi connectivity index (χ1) is 14.3. The number of aromatic nitrogens is 3. The zero-order valence-corrected chi connectivity index (χ0v) is 16.8. The van der Waals surface area contributed by atoms with E-state index >= 15 is 0 Å². The second kappa shape index (κ2) is 7.28. The van der Waals surface area contributed by atoms with Crippen LogP contribution in [0.1, 0.15) is 28.2 Å². The molecule has 0 unspecified atom stereocenters. The first-order valence-corrected chi connectivity index (χ1v) is 9.37. The molecule has 0 spiro atoms. The van der Waals surface area contributed by atoms with Crippen LogP contribution in [-0.4, -0.2) is 63.0 Å². The average molecular weight is 404 g/mol. The van der Waals surface area contributed by atoms with E-state index in [9.17, 15) is 14.7 Å². The molecule has 1 aliphatic rings. The lowest BCUT2D eigenvalue weighted by Crippen LogP contribution is -2.37. The summed E-state index contributed by atoms with van der Waals surface area (Å²) in [4.78, 5) is 30.1.